The first kappa shape index (κ1) is 24.3. The molecule has 1 aliphatic rings. The third-order valence-corrected chi connectivity index (χ3v) is 6.26. The van der Waals surface area contributed by atoms with E-state index in [0.29, 0.717) is 28.9 Å². The molecule has 2 heterocycles. The van der Waals surface area contributed by atoms with Crippen LogP contribution >= 0.6 is 12.2 Å². The van der Waals surface area contributed by atoms with Crippen LogP contribution in [0.3, 0.4) is 0 Å². The molecule has 0 spiro atoms. The van der Waals surface area contributed by atoms with Crippen LogP contribution in [-0.4, -0.2) is 21.9 Å². The lowest BCUT2D eigenvalue weighted by Crippen LogP contribution is -2.43. The third kappa shape index (κ3) is 4.70. The Hall–Kier alpha value is -4.44. The lowest BCUT2D eigenvalue weighted by atomic mass is 9.97. The first-order chi connectivity index (χ1) is 17.8. The van der Waals surface area contributed by atoms with E-state index in [4.69, 9.17) is 12.2 Å². The predicted octanol–water partition coefficient (Wildman–Crippen LogP) is 5.68. The number of benzene rings is 3. The second-order valence-corrected chi connectivity index (χ2v) is 8.87. The number of rotatable bonds is 5. The van der Waals surface area contributed by atoms with Crippen molar-refractivity contribution in [2.75, 3.05) is 4.90 Å². The summed E-state index contributed by atoms with van der Waals surface area (Å²) in [5.41, 5.74) is 3.25. The topological polar surface area (TPSA) is 90.1 Å². The number of aromatic nitrogens is 2. The summed E-state index contributed by atoms with van der Waals surface area (Å²) in [6.45, 7) is 2.27. The maximum atomic E-state index is 14.7. The zero-order valence-electron chi connectivity index (χ0n) is 19.6. The molecule has 0 atom stereocenters. The molecule has 5 rings (SSSR count). The van der Waals surface area contributed by atoms with E-state index in [1.807, 2.05) is 37.3 Å². The fourth-order valence-electron chi connectivity index (χ4n) is 4.23. The molecule has 3 N–H and O–H groups in total. The molecule has 0 bridgehead atoms. The summed E-state index contributed by atoms with van der Waals surface area (Å²) in [6, 6.07) is 17.4. The number of anilines is 2. The standard InChI is InChI=1S/C27H21F2N5O2S/c1-15-10-11-17(25(35)30-13-16-6-3-2-4-7-16)12-18(15)22-19-14-31-27(36)34(24(19)33-26(37)32-22)23-20(28)8-5-9-21(23)29/h2-12H,13-14H2,1H3,(H,30,35)(H,31,36)(H,32,33,37). The van der Waals surface area contributed by atoms with Crippen LogP contribution in [0.15, 0.2) is 66.7 Å². The molecule has 10 heteroatoms. The van der Waals surface area contributed by atoms with Crippen LogP contribution < -0.4 is 15.5 Å². The summed E-state index contributed by atoms with van der Waals surface area (Å²) in [5.74, 6) is -2.09. The van der Waals surface area contributed by atoms with E-state index in [-0.39, 0.29) is 23.0 Å². The van der Waals surface area contributed by atoms with Gasteiger partial charge in [0.1, 0.15) is 17.3 Å². The number of aryl methyl sites for hydroxylation is 1. The SMILES string of the molecule is Cc1ccc(C(=O)NCc2ccccc2)cc1-c1[nH]c(=S)nc2c1CNC(=O)N2c1c(F)cccc1F. The Morgan fingerprint density at radius 2 is 1.81 bits per heavy atom. The van der Waals surface area contributed by atoms with Gasteiger partial charge in [0, 0.05) is 23.2 Å². The van der Waals surface area contributed by atoms with Crippen LogP contribution in [0.1, 0.15) is 27.0 Å². The van der Waals surface area contributed by atoms with Gasteiger partial charge in [0.25, 0.3) is 5.91 Å². The number of aromatic amines is 1. The number of nitrogens with zero attached hydrogens (tertiary/aromatic N) is 2. The summed E-state index contributed by atoms with van der Waals surface area (Å²) in [6.07, 6.45) is 0. The van der Waals surface area contributed by atoms with Crippen molar-refractivity contribution in [3.8, 4) is 11.3 Å². The molecule has 4 aromatic rings. The number of carbonyl (C=O) groups is 2. The minimum absolute atomic E-state index is 0.0172. The van der Waals surface area contributed by atoms with Gasteiger partial charge in [0.2, 0.25) is 0 Å². The molecular formula is C27H21F2N5O2S. The van der Waals surface area contributed by atoms with Crippen LogP contribution in [0.4, 0.5) is 25.1 Å². The highest BCUT2D eigenvalue weighted by Gasteiger charge is 2.33. The molecule has 0 saturated carbocycles. The van der Waals surface area contributed by atoms with Gasteiger partial charge < -0.3 is 15.6 Å². The van der Waals surface area contributed by atoms with Crippen molar-refractivity contribution in [2.45, 2.75) is 20.0 Å². The van der Waals surface area contributed by atoms with Gasteiger partial charge >= 0.3 is 6.03 Å². The minimum Gasteiger partial charge on any atom is -0.348 e. The van der Waals surface area contributed by atoms with Crippen molar-refractivity contribution in [1.82, 2.24) is 20.6 Å². The van der Waals surface area contributed by atoms with Crippen LogP contribution in [0.25, 0.3) is 11.3 Å². The number of nitrogens with one attached hydrogen (secondary N) is 3. The van der Waals surface area contributed by atoms with Gasteiger partial charge in [0.15, 0.2) is 10.6 Å². The molecule has 0 aliphatic carbocycles. The molecule has 7 nitrogen and oxygen atoms in total. The average Bonchev–Trinajstić information content (AvgIpc) is 2.89. The summed E-state index contributed by atoms with van der Waals surface area (Å²) in [4.78, 5) is 33.8. The zero-order chi connectivity index (χ0) is 26.1. The van der Waals surface area contributed by atoms with Gasteiger partial charge in [-0.05, 0) is 54.5 Å². The van der Waals surface area contributed by atoms with E-state index < -0.39 is 23.4 Å². The average molecular weight is 518 g/mol. The fraction of sp³-hybridized carbons (Fsp3) is 0.111. The first-order valence-corrected chi connectivity index (χ1v) is 11.8. The molecule has 1 aliphatic heterocycles. The van der Waals surface area contributed by atoms with Gasteiger partial charge in [-0.3, -0.25) is 4.79 Å². The number of halogens is 2. The predicted molar refractivity (Wildman–Crippen MR) is 138 cm³/mol. The fourth-order valence-corrected chi connectivity index (χ4v) is 4.42. The Kier molecular flexibility index (Phi) is 6.49. The quantitative estimate of drug-likeness (QED) is 0.297. The Bertz CT molecular complexity index is 1570. The van der Waals surface area contributed by atoms with Crippen molar-refractivity contribution < 1.29 is 18.4 Å². The molecular weight excluding hydrogens is 496 g/mol. The molecule has 0 radical (unpaired) electrons. The highest BCUT2D eigenvalue weighted by atomic mass is 32.1. The maximum absolute atomic E-state index is 14.7. The molecule has 3 amide bonds. The first-order valence-electron chi connectivity index (χ1n) is 11.4. The maximum Gasteiger partial charge on any atom is 0.328 e. The summed E-state index contributed by atoms with van der Waals surface area (Å²) in [7, 11) is 0. The third-order valence-electron chi connectivity index (χ3n) is 6.07. The van der Waals surface area contributed by atoms with Gasteiger partial charge in [-0.1, -0.05) is 42.5 Å². The Morgan fingerprint density at radius 3 is 2.54 bits per heavy atom. The number of carbonyl (C=O) groups excluding carboxylic acids is 2. The Morgan fingerprint density at radius 1 is 1.08 bits per heavy atom. The number of hydrogen-bond acceptors (Lipinski definition) is 4. The summed E-state index contributed by atoms with van der Waals surface area (Å²) >= 11 is 5.32. The van der Waals surface area contributed by atoms with E-state index in [1.165, 1.54) is 6.07 Å². The van der Waals surface area contributed by atoms with Gasteiger partial charge in [-0.2, -0.15) is 0 Å². The molecule has 186 valence electrons. The number of amides is 3. The second kappa shape index (κ2) is 9.90. The number of urea groups is 1. The van der Waals surface area contributed by atoms with E-state index in [0.717, 1.165) is 28.2 Å². The van der Waals surface area contributed by atoms with Crippen molar-refractivity contribution in [3.63, 3.8) is 0 Å². The Labute approximate surface area is 216 Å². The second-order valence-electron chi connectivity index (χ2n) is 8.48. The highest BCUT2D eigenvalue weighted by molar-refractivity contribution is 7.71. The zero-order valence-corrected chi connectivity index (χ0v) is 20.5. The molecule has 3 aromatic carbocycles. The van der Waals surface area contributed by atoms with E-state index >= 15 is 0 Å². The van der Waals surface area contributed by atoms with Gasteiger partial charge in [-0.15, -0.1) is 0 Å². The molecule has 1 aromatic heterocycles. The van der Waals surface area contributed by atoms with Crippen LogP contribution in [0, 0.1) is 23.3 Å². The molecule has 0 saturated heterocycles. The van der Waals surface area contributed by atoms with E-state index in [2.05, 4.69) is 20.6 Å². The van der Waals surface area contributed by atoms with Gasteiger partial charge in [-0.25, -0.2) is 23.5 Å². The molecule has 0 unspecified atom stereocenters. The number of para-hydroxylation sites is 1. The lowest BCUT2D eigenvalue weighted by molar-refractivity contribution is 0.0951. The molecule has 0 fully saturated rings. The van der Waals surface area contributed by atoms with E-state index in [9.17, 15) is 18.4 Å². The number of H-pyrrole nitrogens is 1. The summed E-state index contributed by atoms with van der Waals surface area (Å²) < 4.78 is 29.3. The van der Waals surface area contributed by atoms with Gasteiger partial charge in [0.05, 0.1) is 12.2 Å². The van der Waals surface area contributed by atoms with Crippen molar-refractivity contribution in [2.24, 2.45) is 0 Å². The summed E-state index contributed by atoms with van der Waals surface area (Å²) in [5, 5.41) is 5.55. The van der Waals surface area contributed by atoms with Crippen molar-refractivity contribution >= 4 is 35.7 Å². The highest BCUT2D eigenvalue weighted by Crippen LogP contribution is 2.38. The largest absolute Gasteiger partial charge is 0.348 e. The normalized spacial score (nSPS) is 12.6. The Balaban J connectivity index is 1.57. The number of fused-ring (bicyclic) bond motifs is 1. The van der Waals surface area contributed by atoms with E-state index in [1.54, 1.807) is 18.2 Å². The van der Waals surface area contributed by atoms with Crippen LogP contribution in [0.2, 0.25) is 0 Å². The van der Waals surface area contributed by atoms with Crippen molar-refractivity contribution in [1.29, 1.82) is 0 Å². The van der Waals surface area contributed by atoms with Crippen LogP contribution in [-0.2, 0) is 13.1 Å². The van der Waals surface area contributed by atoms with Crippen molar-refractivity contribution in [3.05, 3.63) is 105 Å². The minimum atomic E-state index is -0.918. The smallest absolute Gasteiger partial charge is 0.328 e. The number of hydrogen-bond donors (Lipinski definition) is 3. The molecule has 37 heavy (non-hydrogen) atoms. The lowest BCUT2D eigenvalue weighted by Gasteiger charge is -2.30. The monoisotopic (exact) mass is 517 g/mol. The van der Waals surface area contributed by atoms with Crippen LogP contribution in [0.5, 0.6) is 0 Å².